The first kappa shape index (κ1) is 23.1. The molecule has 1 aliphatic rings. The number of ether oxygens (including phenoxy) is 2. The number of pyridine rings is 1. The van der Waals surface area contributed by atoms with Crippen molar-refractivity contribution in [2.24, 2.45) is 0 Å². The fourth-order valence-corrected chi connectivity index (χ4v) is 4.61. The van der Waals surface area contributed by atoms with Gasteiger partial charge in [0.25, 0.3) is 0 Å². The molecule has 4 aromatic rings. The van der Waals surface area contributed by atoms with Crippen LogP contribution in [0.5, 0.6) is 11.6 Å². The zero-order valence-electron chi connectivity index (χ0n) is 21.2. The first-order valence-electron chi connectivity index (χ1n) is 12.0. The highest BCUT2D eigenvalue weighted by Crippen LogP contribution is 2.38. The highest BCUT2D eigenvalue weighted by molar-refractivity contribution is 5.56. The first-order chi connectivity index (χ1) is 16.8. The van der Waals surface area contributed by atoms with Crippen molar-refractivity contribution < 1.29 is 9.47 Å². The van der Waals surface area contributed by atoms with Crippen LogP contribution in [0.25, 0.3) is 17.2 Å². The summed E-state index contributed by atoms with van der Waals surface area (Å²) in [5, 5.41) is 4.83. The Morgan fingerprint density at radius 1 is 1.03 bits per heavy atom. The van der Waals surface area contributed by atoms with Gasteiger partial charge in [-0.2, -0.15) is 0 Å². The molecule has 8 heteroatoms. The van der Waals surface area contributed by atoms with Crippen molar-refractivity contribution in [2.45, 2.75) is 58.4 Å². The van der Waals surface area contributed by atoms with Crippen LogP contribution < -0.4 is 9.47 Å². The van der Waals surface area contributed by atoms with E-state index in [1.807, 2.05) is 34.5 Å². The van der Waals surface area contributed by atoms with E-state index in [9.17, 15) is 0 Å². The third kappa shape index (κ3) is 4.40. The fourth-order valence-electron chi connectivity index (χ4n) is 4.61. The summed E-state index contributed by atoms with van der Waals surface area (Å²) < 4.78 is 15.2. The molecule has 0 radical (unpaired) electrons. The van der Waals surface area contributed by atoms with Gasteiger partial charge in [0, 0.05) is 18.7 Å². The van der Waals surface area contributed by atoms with Gasteiger partial charge in [0.15, 0.2) is 5.82 Å². The molecule has 1 aromatic carbocycles. The number of hydrogen-bond acceptors (Lipinski definition) is 6. The lowest BCUT2D eigenvalue weighted by Gasteiger charge is -2.26. The summed E-state index contributed by atoms with van der Waals surface area (Å²) in [6.07, 6.45) is 5.76. The Balaban J connectivity index is 1.53. The van der Waals surface area contributed by atoms with Crippen molar-refractivity contribution in [3.05, 3.63) is 65.5 Å². The van der Waals surface area contributed by atoms with Crippen molar-refractivity contribution in [2.75, 3.05) is 14.2 Å². The maximum atomic E-state index is 5.65. The monoisotopic (exact) mass is 472 g/mol. The van der Waals surface area contributed by atoms with Gasteiger partial charge in [0.1, 0.15) is 23.0 Å². The zero-order valence-corrected chi connectivity index (χ0v) is 21.2. The summed E-state index contributed by atoms with van der Waals surface area (Å²) in [4.78, 5) is 14.0. The van der Waals surface area contributed by atoms with Gasteiger partial charge in [0.2, 0.25) is 5.88 Å². The Kier molecular flexibility index (Phi) is 5.83. The maximum Gasteiger partial charge on any atom is 0.238 e. The van der Waals surface area contributed by atoms with Crippen LogP contribution >= 0.6 is 0 Å². The average Bonchev–Trinajstić information content (AvgIpc) is 3.48. The number of fused-ring (bicyclic) bond motifs is 1. The van der Waals surface area contributed by atoms with Gasteiger partial charge in [-0.05, 0) is 60.6 Å². The Hall–Kier alpha value is -3.68. The second kappa shape index (κ2) is 8.83. The molecule has 0 saturated heterocycles. The van der Waals surface area contributed by atoms with E-state index in [0.717, 1.165) is 42.3 Å². The summed E-state index contributed by atoms with van der Waals surface area (Å²) in [6, 6.07) is 10.5. The number of imidazole rings is 1. The topological polar surface area (TPSA) is 79.9 Å². The van der Waals surface area contributed by atoms with Gasteiger partial charge in [-0.1, -0.05) is 26.8 Å². The van der Waals surface area contributed by atoms with Crippen LogP contribution in [-0.2, 0) is 12.0 Å². The van der Waals surface area contributed by atoms with E-state index < -0.39 is 0 Å². The first-order valence-corrected chi connectivity index (χ1v) is 12.0. The van der Waals surface area contributed by atoms with Gasteiger partial charge in [-0.15, -0.1) is 5.10 Å². The van der Waals surface area contributed by atoms with E-state index in [1.54, 1.807) is 20.5 Å². The third-order valence-electron chi connectivity index (χ3n) is 6.56. The molecule has 3 aromatic heterocycles. The summed E-state index contributed by atoms with van der Waals surface area (Å²) in [5.74, 6) is 3.11. The van der Waals surface area contributed by atoms with Crippen LogP contribution in [0.4, 0.5) is 0 Å². The van der Waals surface area contributed by atoms with Gasteiger partial charge >= 0.3 is 0 Å². The van der Waals surface area contributed by atoms with Crippen LogP contribution in [0.1, 0.15) is 62.2 Å². The average molecular weight is 473 g/mol. The Labute approximate surface area is 206 Å². The highest BCUT2D eigenvalue weighted by Gasteiger charge is 2.28. The normalized spacial score (nSPS) is 15.7. The lowest BCUT2D eigenvalue weighted by molar-refractivity contribution is 0.396. The van der Waals surface area contributed by atoms with E-state index >= 15 is 0 Å². The summed E-state index contributed by atoms with van der Waals surface area (Å²) in [6.45, 7) is 9.47. The number of benzene rings is 1. The molecule has 4 heterocycles. The Morgan fingerprint density at radius 2 is 1.86 bits per heavy atom. The lowest BCUT2D eigenvalue weighted by Crippen LogP contribution is -2.19. The second-order valence-electron chi connectivity index (χ2n) is 10.1. The molecule has 1 atom stereocenters. The van der Waals surface area contributed by atoms with Crippen LogP contribution in [0.2, 0.25) is 0 Å². The minimum absolute atomic E-state index is 0.0206. The highest BCUT2D eigenvalue weighted by atomic mass is 16.5. The van der Waals surface area contributed by atoms with Crippen LogP contribution in [0.3, 0.4) is 0 Å². The minimum atomic E-state index is 0.0206. The van der Waals surface area contributed by atoms with Crippen molar-refractivity contribution in [1.29, 1.82) is 0 Å². The second-order valence-corrected chi connectivity index (χ2v) is 10.1. The number of aromatic nitrogens is 6. The molecule has 35 heavy (non-hydrogen) atoms. The number of methoxy groups -OCH3 is 2. The van der Waals surface area contributed by atoms with Crippen molar-refractivity contribution in [3.63, 3.8) is 0 Å². The summed E-state index contributed by atoms with van der Waals surface area (Å²) >= 11 is 0. The van der Waals surface area contributed by atoms with Crippen molar-refractivity contribution >= 4 is 0 Å². The molecule has 1 aliphatic heterocycles. The molecule has 0 bridgehead atoms. The lowest BCUT2D eigenvalue weighted by atomic mass is 9.82. The van der Waals surface area contributed by atoms with Gasteiger partial charge < -0.3 is 14.0 Å². The molecule has 0 fully saturated rings. The van der Waals surface area contributed by atoms with E-state index in [4.69, 9.17) is 24.5 Å². The van der Waals surface area contributed by atoms with Crippen molar-refractivity contribution in [3.8, 4) is 28.8 Å². The fraction of sp³-hybridized carbons (Fsp3) is 0.407. The van der Waals surface area contributed by atoms with E-state index in [0.29, 0.717) is 17.4 Å². The molecule has 0 amide bonds. The predicted octanol–water partition coefficient (Wildman–Crippen LogP) is 5.07. The van der Waals surface area contributed by atoms with Crippen molar-refractivity contribution in [1.82, 2.24) is 29.3 Å². The van der Waals surface area contributed by atoms with E-state index in [1.165, 1.54) is 11.1 Å². The number of aryl methyl sites for hydroxylation is 2. The summed E-state index contributed by atoms with van der Waals surface area (Å²) in [5.41, 5.74) is 4.92. The standard InChI is InChI=1S/C27H32N6O2/c1-17-15-32(16-28-17)23-10-9-22(29-26(23)35-6)24-30-25-21(8-7-11-33(25)31-24)18-12-19(27(2,3)4)14-20(13-18)34-5/h9-10,12-16,21H,7-8,11H2,1-6H3/t21-/m1/s1. The zero-order chi connectivity index (χ0) is 24.7. The smallest absolute Gasteiger partial charge is 0.238 e. The largest absolute Gasteiger partial charge is 0.497 e. The van der Waals surface area contributed by atoms with Crippen LogP contribution in [-0.4, -0.2) is 43.5 Å². The molecule has 182 valence electrons. The van der Waals surface area contributed by atoms with Gasteiger partial charge in [-0.3, -0.25) is 0 Å². The molecule has 0 spiro atoms. The van der Waals surface area contributed by atoms with E-state index in [-0.39, 0.29) is 11.3 Å². The third-order valence-corrected chi connectivity index (χ3v) is 6.56. The molecule has 0 N–H and O–H groups in total. The quantitative estimate of drug-likeness (QED) is 0.403. The van der Waals surface area contributed by atoms with Gasteiger partial charge in [-0.25, -0.2) is 19.6 Å². The van der Waals surface area contributed by atoms with Gasteiger partial charge in [0.05, 0.1) is 26.2 Å². The molecule has 8 nitrogen and oxygen atoms in total. The Bertz CT molecular complexity index is 1360. The van der Waals surface area contributed by atoms with Crippen LogP contribution in [0, 0.1) is 6.92 Å². The Morgan fingerprint density at radius 3 is 2.54 bits per heavy atom. The molecule has 0 unspecified atom stereocenters. The molecular weight excluding hydrogens is 440 g/mol. The molecule has 0 aliphatic carbocycles. The van der Waals surface area contributed by atoms with E-state index in [2.05, 4.69) is 44.0 Å². The number of rotatable bonds is 5. The predicted molar refractivity (Wildman–Crippen MR) is 134 cm³/mol. The molecule has 0 saturated carbocycles. The molecular formula is C27H32N6O2. The SMILES string of the molecule is COc1cc([C@H]2CCCn3nc(-c4ccc(-n5cnc(C)c5)c(OC)n4)nc32)cc(C(C)(C)C)c1. The van der Waals surface area contributed by atoms with Crippen LogP contribution in [0.15, 0.2) is 42.9 Å². The molecule has 5 rings (SSSR count). The summed E-state index contributed by atoms with van der Waals surface area (Å²) in [7, 11) is 3.34. The maximum absolute atomic E-state index is 5.65. The minimum Gasteiger partial charge on any atom is -0.497 e. The number of nitrogens with zero attached hydrogens (tertiary/aromatic N) is 6. The number of hydrogen-bond donors (Lipinski definition) is 0.